The number of carbonyl (C=O) groups is 4. The number of rotatable bonds is 9. The van der Waals surface area contributed by atoms with Crippen LogP contribution in [0.1, 0.15) is 70.9 Å². The minimum absolute atomic E-state index is 0.106. The first-order valence-electron chi connectivity index (χ1n) is 16.0. The number of alkyl carbamates (subject to hydrolysis) is 1. The molecule has 3 N–H and O–H groups in total. The summed E-state index contributed by atoms with van der Waals surface area (Å²) in [6, 6.07) is 3.41. The number of nitrogens with one attached hydrogen (secondary N) is 2. The van der Waals surface area contributed by atoms with E-state index in [0.717, 1.165) is 49.0 Å². The summed E-state index contributed by atoms with van der Waals surface area (Å²) in [6.45, 7) is 9.94. The number of carbonyl (C=O) groups excluding carboxylic acids is 3. The minimum Gasteiger partial charge on any atom is -0.493 e. The normalized spacial score (nSPS) is 26.2. The SMILES string of the molecule is C=C[C@@H]1C[C@]1(NC(=O)[C@@H]1C[C@@H](n2cc(-c3ccc4c(c3)CCO4)nn2)CN1C(=O)[C@@H](NC(=O)OC1CCCC1)C(C)(C)C)C(=O)O. The van der Waals surface area contributed by atoms with Crippen molar-refractivity contribution in [1.29, 1.82) is 0 Å². The fourth-order valence-corrected chi connectivity index (χ4v) is 6.87. The molecular weight excluding hydrogens is 592 g/mol. The smallest absolute Gasteiger partial charge is 0.408 e. The average Bonchev–Trinajstić information content (AvgIpc) is 3.63. The van der Waals surface area contributed by atoms with Gasteiger partial charge in [0, 0.05) is 30.9 Å². The molecular formula is C33H42N6O7. The average molecular weight is 635 g/mol. The summed E-state index contributed by atoms with van der Waals surface area (Å²) in [5.41, 5.74) is 0.423. The lowest BCUT2D eigenvalue weighted by molar-refractivity contribution is -0.146. The topological polar surface area (TPSA) is 165 Å². The van der Waals surface area contributed by atoms with Crippen LogP contribution < -0.4 is 15.4 Å². The van der Waals surface area contributed by atoms with Crippen molar-refractivity contribution in [2.24, 2.45) is 11.3 Å². The summed E-state index contributed by atoms with van der Waals surface area (Å²) in [6.07, 6.45) is 7.21. The van der Waals surface area contributed by atoms with E-state index in [1.54, 1.807) is 10.9 Å². The molecule has 3 amide bonds. The molecule has 5 atom stereocenters. The van der Waals surface area contributed by atoms with Gasteiger partial charge in [0.15, 0.2) is 0 Å². The Labute approximate surface area is 267 Å². The molecule has 6 rings (SSSR count). The zero-order valence-electron chi connectivity index (χ0n) is 26.5. The maximum Gasteiger partial charge on any atom is 0.408 e. The van der Waals surface area contributed by atoms with Gasteiger partial charge in [0.05, 0.1) is 18.8 Å². The molecule has 3 heterocycles. The van der Waals surface area contributed by atoms with Gasteiger partial charge in [-0.3, -0.25) is 9.59 Å². The molecule has 13 heteroatoms. The highest BCUT2D eigenvalue weighted by Crippen LogP contribution is 2.45. The van der Waals surface area contributed by atoms with E-state index in [1.165, 1.54) is 11.0 Å². The minimum atomic E-state index is -1.46. The summed E-state index contributed by atoms with van der Waals surface area (Å²) >= 11 is 0. The summed E-state index contributed by atoms with van der Waals surface area (Å²) in [5, 5.41) is 24.2. The van der Waals surface area contributed by atoms with Crippen molar-refractivity contribution in [3.05, 3.63) is 42.6 Å². The van der Waals surface area contributed by atoms with Crippen molar-refractivity contribution in [2.45, 2.75) is 95.5 Å². The molecule has 2 saturated carbocycles. The third-order valence-corrected chi connectivity index (χ3v) is 9.71. The lowest BCUT2D eigenvalue weighted by atomic mass is 9.85. The van der Waals surface area contributed by atoms with Crippen LogP contribution in [0.3, 0.4) is 0 Å². The summed E-state index contributed by atoms with van der Waals surface area (Å²) in [5.74, 6) is -1.75. The van der Waals surface area contributed by atoms with Crippen molar-refractivity contribution >= 4 is 23.9 Å². The van der Waals surface area contributed by atoms with Gasteiger partial charge in [0.25, 0.3) is 0 Å². The van der Waals surface area contributed by atoms with E-state index in [4.69, 9.17) is 9.47 Å². The van der Waals surface area contributed by atoms with Gasteiger partial charge in [0.2, 0.25) is 11.8 Å². The van der Waals surface area contributed by atoms with E-state index in [1.807, 2.05) is 39.0 Å². The van der Waals surface area contributed by atoms with Crippen LogP contribution in [-0.2, 0) is 25.5 Å². The fourth-order valence-electron chi connectivity index (χ4n) is 6.87. The van der Waals surface area contributed by atoms with Crippen LogP contribution >= 0.6 is 0 Å². The molecule has 2 aromatic rings. The number of aromatic nitrogens is 3. The van der Waals surface area contributed by atoms with Gasteiger partial charge in [-0.15, -0.1) is 11.7 Å². The first-order valence-corrected chi connectivity index (χ1v) is 16.0. The number of carboxylic acids is 1. The lowest BCUT2D eigenvalue weighted by Gasteiger charge is -2.35. The van der Waals surface area contributed by atoms with Crippen LogP contribution in [0, 0.1) is 11.3 Å². The van der Waals surface area contributed by atoms with Gasteiger partial charge in [0.1, 0.15) is 35.2 Å². The molecule has 46 heavy (non-hydrogen) atoms. The number of amides is 3. The second-order valence-electron chi connectivity index (χ2n) is 14.0. The highest BCUT2D eigenvalue weighted by atomic mass is 16.6. The number of hydrogen-bond donors (Lipinski definition) is 3. The molecule has 0 radical (unpaired) electrons. The predicted molar refractivity (Wildman–Crippen MR) is 166 cm³/mol. The van der Waals surface area contributed by atoms with Crippen molar-refractivity contribution in [2.75, 3.05) is 13.2 Å². The Morgan fingerprint density at radius 3 is 2.65 bits per heavy atom. The lowest BCUT2D eigenvalue weighted by Crippen LogP contribution is -2.59. The monoisotopic (exact) mass is 634 g/mol. The number of hydrogen-bond acceptors (Lipinski definition) is 8. The van der Waals surface area contributed by atoms with Gasteiger partial charge in [-0.1, -0.05) is 32.1 Å². The van der Waals surface area contributed by atoms with Crippen molar-refractivity contribution in [3.63, 3.8) is 0 Å². The number of benzene rings is 1. The second-order valence-corrected chi connectivity index (χ2v) is 14.0. The van der Waals surface area contributed by atoms with Crippen molar-refractivity contribution in [3.8, 4) is 17.0 Å². The summed E-state index contributed by atoms with van der Waals surface area (Å²) in [7, 11) is 0. The number of aliphatic carboxylic acids is 1. The zero-order valence-corrected chi connectivity index (χ0v) is 26.5. The maximum atomic E-state index is 14.3. The summed E-state index contributed by atoms with van der Waals surface area (Å²) in [4.78, 5) is 54.7. The van der Waals surface area contributed by atoms with Gasteiger partial charge in [-0.25, -0.2) is 14.3 Å². The van der Waals surface area contributed by atoms with E-state index >= 15 is 0 Å². The Kier molecular flexibility index (Phi) is 8.28. The number of carboxylic acid groups (broad SMARTS) is 1. The molecule has 246 valence electrons. The molecule has 0 spiro atoms. The van der Waals surface area contributed by atoms with Crippen LogP contribution in [0.25, 0.3) is 11.3 Å². The molecule has 4 aliphatic rings. The Bertz CT molecular complexity index is 1540. The molecule has 2 aliphatic heterocycles. The maximum absolute atomic E-state index is 14.3. The zero-order chi connectivity index (χ0) is 32.8. The Morgan fingerprint density at radius 2 is 1.98 bits per heavy atom. The predicted octanol–water partition coefficient (Wildman–Crippen LogP) is 3.25. The van der Waals surface area contributed by atoms with E-state index < -0.39 is 58.9 Å². The van der Waals surface area contributed by atoms with E-state index in [2.05, 4.69) is 27.5 Å². The molecule has 13 nitrogen and oxygen atoms in total. The first-order chi connectivity index (χ1) is 21.9. The fraction of sp³-hybridized carbons (Fsp3) is 0.576. The van der Waals surface area contributed by atoms with Crippen LogP contribution in [0.2, 0.25) is 0 Å². The number of fused-ring (bicyclic) bond motifs is 1. The molecule has 1 saturated heterocycles. The van der Waals surface area contributed by atoms with Crippen molar-refractivity contribution in [1.82, 2.24) is 30.5 Å². The van der Waals surface area contributed by atoms with Gasteiger partial charge in [-0.2, -0.15) is 0 Å². The van der Waals surface area contributed by atoms with E-state index in [-0.39, 0.29) is 25.5 Å². The van der Waals surface area contributed by atoms with Gasteiger partial charge < -0.3 is 30.1 Å². The molecule has 1 aromatic carbocycles. The highest BCUT2D eigenvalue weighted by Gasteiger charge is 2.61. The molecule has 0 unspecified atom stereocenters. The van der Waals surface area contributed by atoms with Crippen LogP contribution in [0.4, 0.5) is 4.79 Å². The number of likely N-dealkylation sites (tertiary alicyclic amines) is 1. The quantitative estimate of drug-likeness (QED) is 0.351. The van der Waals surface area contributed by atoms with Gasteiger partial charge in [-0.05, 0) is 61.3 Å². The van der Waals surface area contributed by atoms with E-state index in [9.17, 15) is 24.3 Å². The molecule has 2 aliphatic carbocycles. The Hall–Kier alpha value is -4.42. The standard InChI is InChI=1S/C33H42N6O7/c1-5-21-16-33(21,30(42)43)35-28(40)25-15-22(39-18-24(36-37-39)19-10-11-26-20(14-19)12-13-45-26)17-38(25)29(41)27(32(2,3)4)34-31(44)46-23-8-6-7-9-23/h5,10-11,14,18,21-23,25,27H,1,6-9,12-13,15-17H2,2-4H3,(H,34,44)(H,35,40)(H,42,43)/t21-,22-,25+,27-,33-/m1/s1. The van der Waals surface area contributed by atoms with Crippen LogP contribution in [0.15, 0.2) is 37.1 Å². The second kappa shape index (κ2) is 12.1. The third kappa shape index (κ3) is 6.06. The van der Waals surface area contributed by atoms with Crippen LogP contribution in [-0.4, -0.2) is 85.8 Å². The Balaban J connectivity index is 1.26. The molecule has 3 fully saturated rings. The molecule has 1 aromatic heterocycles. The number of ether oxygens (including phenoxy) is 2. The Morgan fingerprint density at radius 1 is 1.22 bits per heavy atom. The summed E-state index contributed by atoms with van der Waals surface area (Å²) < 4.78 is 12.9. The van der Waals surface area contributed by atoms with Crippen molar-refractivity contribution < 1.29 is 33.8 Å². The van der Waals surface area contributed by atoms with Crippen LogP contribution in [0.5, 0.6) is 5.75 Å². The van der Waals surface area contributed by atoms with Gasteiger partial charge >= 0.3 is 12.1 Å². The van der Waals surface area contributed by atoms with E-state index in [0.29, 0.717) is 12.3 Å². The highest BCUT2D eigenvalue weighted by molar-refractivity contribution is 5.96. The molecule has 0 bridgehead atoms. The largest absolute Gasteiger partial charge is 0.493 e. The third-order valence-electron chi connectivity index (χ3n) is 9.71. The first kappa shape index (κ1) is 31.6. The number of nitrogens with zero attached hydrogens (tertiary/aromatic N) is 4.